The molecule has 1 saturated heterocycles. The van der Waals surface area contributed by atoms with E-state index in [1.54, 1.807) is 12.1 Å². The molecule has 0 spiro atoms. The predicted octanol–water partition coefficient (Wildman–Crippen LogP) is 1.51. The first-order chi connectivity index (χ1) is 12.6. The van der Waals surface area contributed by atoms with Gasteiger partial charge in [-0.05, 0) is 42.2 Å². The molecule has 0 aliphatic carbocycles. The Morgan fingerprint density at radius 2 is 2.38 bits per heavy atom. The Morgan fingerprint density at radius 1 is 1.54 bits per heavy atom. The summed E-state index contributed by atoms with van der Waals surface area (Å²) in [6, 6.07) is 7.32. The molecule has 1 fully saturated rings. The Morgan fingerprint density at radius 3 is 3.04 bits per heavy atom. The van der Waals surface area contributed by atoms with Crippen LogP contribution in [0.2, 0.25) is 0 Å². The molecule has 1 amide bonds. The minimum atomic E-state index is -0.505. The number of hydrogen-bond donors (Lipinski definition) is 3. The van der Waals surface area contributed by atoms with Gasteiger partial charge >= 0.3 is 0 Å². The summed E-state index contributed by atoms with van der Waals surface area (Å²) in [5, 5.41) is 25.8. The fourth-order valence-corrected chi connectivity index (χ4v) is 3.06. The number of aromatic nitrogens is 4. The molecule has 9 nitrogen and oxygen atoms in total. The summed E-state index contributed by atoms with van der Waals surface area (Å²) in [5.74, 6) is 0.283. The number of H-pyrrole nitrogens is 1. The van der Waals surface area contributed by atoms with Crippen LogP contribution in [0.4, 0.5) is 11.4 Å². The molecule has 0 bridgehead atoms. The zero-order valence-electron chi connectivity index (χ0n) is 14.4. The number of amides is 1. The number of nitrogens with one attached hydrogen (secondary N) is 2. The highest BCUT2D eigenvalue weighted by atomic mass is 16.1. The monoisotopic (exact) mass is 352 g/mol. The second-order valence-corrected chi connectivity index (χ2v) is 6.34. The molecule has 2 heterocycles. The summed E-state index contributed by atoms with van der Waals surface area (Å²) in [6.45, 7) is 4.10. The Kier molecular flexibility index (Phi) is 5.12. The summed E-state index contributed by atoms with van der Waals surface area (Å²) in [6.07, 6.45) is 3.82. The molecule has 9 heteroatoms. The highest BCUT2D eigenvalue weighted by molar-refractivity contribution is 5.95. The third-order valence-corrected chi connectivity index (χ3v) is 4.36. The van der Waals surface area contributed by atoms with Gasteiger partial charge in [-0.15, -0.1) is 10.2 Å². The normalized spacial score (nSPS) is 17.6. The lowest BCUT2D eigenvalue weighted by molar-refractivity contribution is 0.100. The van der Waals surface area contributed by atoms with Gasteiger partial charge in [0.25, 0.3) is 0 Å². The van der Waals surface area contributed by atoms with E-state index in [1.165, 1.54) is 12.6 Å². The van der Waals surface area contributed by atoms with Gasteiger partial charge in [-0.3, -0.25) is 4.79 Å². The minimum absolute atomic E-state index is 0.194. The fourth-order valence-electron chi connectivity index (χ4n) is 3.06. The minimum Gasteiger partial charge on any atom is -0.370 e. The third-order valence-electron chi connectivity index (χ3n) is 4.36. The zero-order chi connectivity index (χ0) is 18.5. The molecule has 26 heavy (non-hydrogen) atoms. The van der Waals surface area contributed by atoms with Crippen LogP contribution >= 0.6 is 0 Å². The van der Waals surface area contributed by atoms with E-state index < -0.39 is 5.91 Å². The standard InChI is InChI=1S/C17H20N8O/c1-11-3-2-6-25(10-11)15-5-4-12(16(19)26)7-14(15)20-9-13(8-18)17-21-23-24-22-17/h4-5,7,9,11,20H,2-3,6,10H2,1H3,(H2,19,26)(H,21,22,23,24). The predicted molar refractivity (Wildman–Crippen MR) is 97.0 cm³/mol. The molecule has 0 radical (unpaired) electrons. The van der Waals surface area contributed by atoms with Gasteiger partial charge in [0.15, 0.2) is 0 Å². The van der Waals surface area contributed by atoms with E-state index in [0.717, 1.165) is 25.2 Å². The quantitative estimate of drug-likeness (QED) is 0.694. The number of nitriles is 1. The highest BCUT2D eigenvalue weighted by Crippen LogP contribution is 2.31. The highest BCUT2D eigenvalue weighted by Gasteiger charge is 2.20. The number of carbonyl (C=O) groups excluding carboxylic acids is 1. The molecular formula is C17H20N8O. The molecule has 0 saturated carbocycles. The van der Waals surface area contributed by atoms with Gasteiger partial charge in [-0.2, -0.15) is 10.5 Å². The molecule has 2 aromatic rings. The number of benzene rings is 1. The van der Waals surface area contributed by atoms with Crippen LogP contribution in [0, 0.1) is 17.2 Å². The number of aromatic amines is 1. The Hall–Kier alpha value is -3.41. The number of hydrogen-bond acceptors (Lipinski definition) is 7. The maximum Gasteiger partial charge on any atom is 0.248 e. The summed E-state index contributed by atoms with van der Waals surface area (Å²) in [4.78, 5) is 13.8. The lowest BCUT2D eigenvalue weighted by Gasteiger charge is -2.34. The summed E-state index contributed by atoms with van der Waals surface area (Å²) >= 11 is 0. The smallest absolute Gasteiger partial charge is 0.248 e. The van der Waals surface area contributed by atoms with Crippen molar-refractivity contribution in [1.82, 2.24) is 20.6 Å². The molecule has 4 N–H and O–H groups in total. The van der Waals surface area contributed by atoms with Crippen molar-refractivity contribution >= 4 is 22.9 Å². The molecule has 1 unspecified atom stereocenters. The molecule has 134 valence electrons. The van der Waals surface area contributed by atoms with Crippen molar-refractivity contribution in [2.45, 2.75) is 19.8 Å². The van der Waals surface area contributed by atoms with E-state index in [0.29, 0.717) is 17.2 Å². The first-order valence-corrected chi connectivity index (χ1v) is 8.38. The Balaban J connectivity index is 1.93. The average molecular weight is 352 g/mol. The van der Waals surface area contributed by atoms with E-state index in [2.05, 4.69) is 37.8 Å². The summed E-state index contributed by atoms with van der Waals surface area (Å²) < 4.78 is 0. The van der Waals surface area contributed by atoms with Crippen molar-refractivity contribution in [3.8, 4) is 6.07 Å². The van der Waals surface area contributed by atoms with Crippen LogP contribution < -0.4 is 16.0 Å². The maximum atomic E-state index is 11.6. The first kappa shape index (κ1) is 17.4. The lowest BCUT2D eigenvalue weighted by Crippen LogP contribution is -2.34. The number of anilines is 2. The van der Waals surface area contributed by atoms with E-state index in [9.17, 15) is 10.1 Å². The number of nitrogens with two attached hydrogens (primary N) is 1. The fraction of sp³-hybridized carbons (Fsp3) is 0.353. The number of nitrogens with zero attached hydrogens (tertiary/aromatic N) is 5. The van der Waals surface area contributed by atoms with Crippen LogP contribution in [0.25, 0.3) is 5.57 Å². The number of piperidine rings is 1. The molecular weight excluding hydrogens is 332 g/mol. The van der Waals surface area contributed by atoms with Crippen molar-refractivity contribution in [2.24, 2.45) is 11.7 Å². The maximum absolute atomic E-state index is 11.6. The van der Waals surface area contributed by atoms with Crippen LogP contribution in [-0.2, 0) is 0 Å². The van der Waals surface area contributed by atoms with Crippen molar-refractivity contribution in [3.63, 3.8) is 0 Å². The van der Waals surface area contributed by atoms with E-state index in [1.807, 2.05) is 12.1 Å². The molecule has 1 aliphatic rings. The zero-order valence-corrected chi connectivity index (χ0v) is 14.4. The van der Waals surface area contributed by atoms with Gasteiger partial charge in [-0.1, -0.05) is 6.92 Å². The van der Waals surface area contributed by atoms with Crippen LogP contribution in [0.15, 0.2) is 24.4 Å². The molecule has 1 atom stereocenters. The molecule has 3 rings (SSSR count). The Bertz CT molecular complexity index is 852. The van der Waals surface area contributed by atoms with Crippen LogP contribution in [-0.4, -0.2) is 39.6 Å². The number of allylic oxidation sites excluding steroid dienone is 1. The van der Waals surface area contributed by atoms with Gasteiger partial charge in [0.2, 0.25) is 11.7 Å². The molecule has 1 aromatic heterocycles. The summed E-state index contributed by atoms with van der Waals surface area (Å²) in [5.41, 5.74) is 7.69. The average Bonchev–Trinajstić information content (AvgIpc) is 3.16. The van der Waals surface area contributed by atoms with Crippen molar-refractivity contribution < 1.29 is 4.79 Å². The van der Waals surface area contributed by atoms with Crippen molar-refractivity contribution in [1.29, 1.82) is 5.26 Å². The third kappa shape index (κ3) is 3.80. The van der Waals surface area contributed by atoms with Gasteiger partial charge in [-0.25, -0.2) is 0 Å². The first-order valence-electron chi connectivity index (χ1n) is 8.38. The lowest BCUT2D eigenvalue weighted by atomic mass is 9.99. The van der Waals surface area contributed by atoms with Crippen molar-refractivity contribution in [2.75, 3.05) is 23.3 Å². The van der Waals surface area contributed by atoms with E-state index in [4.69, 9.17) is 5.73 Å². The number of carbonyl (C=O) groups is 1. The second-order valence-electron chi connectivity index (χ2n) is 6.34. The molecule has 1 aromatic carbocycles. The van der Waals surface area contributed by atoms with Gasteiger partial charge in [0.1, 0.15) is 11.6 Å². The number of primary amides is 1. The Labute approximate surface area is 150 Å². The van der Waals surface area contributed by atoms with Crippen LogP contribution in [0.1, 0.15) is 35.9 Å². The van der Waals surface area contributed by atoms with E-state index in [-0.39, 0.29) is 11.4 Å². The van der Waals surface area contributed by atoms with Gasteiger partial charge < -0.3 is 16.0 Å². The topological polar surface area (TPSA) is 137 Å². The summed E-state index contributed by atoms with van der Waals surface area (Å²) in [7, 11) is 0. The van der Waals surface area contributed by atoms with Crippen molar-refractivity contribution in [3.05, 3.63) is 35.8 Å². The van der Waals surface area contributed by atoms with Gasteiger partial charge in [0.05, 0.1) is 11.4 Å². The number of tetrazole rings is 1. The van der Waals surface area contributed by atoms with E-state index >= 15 is 0 Å². The second kappa shape index (κ2) is 7.65. The largest absolute Gasteiger partial charge is 0.370 e. The van der Waals surface area contributed by atoms with Gasteiger partial charge in [0, 0.05) is 24.9 Å². The number of rotatable bonds is 5. The molecule has 1 aliphatic heterocycles. The van der Waals surface area contributed by atoms with Crippen LogP contribution in [0.5, 0.6) is 0 Å². The SMILES string of the molecule is CC1CCCN(c2ccc(C(N)=O)cc2NC=C(C#N)c2nn[nH]n2)C1. The van der Waals surface area contributed by atoms with Crippen LogP contribution in [0.3, 0.4) is 0 Å².